The van der Waals surface area contributed by atoms with Gasteiger partial charge >= 0.3 is 6.01 Å². The molecule has 0 aliphatic heterocycles. The molecule has 0 saturated heterocycles. The summed E-state index contributed by atoms with van der Waals surface area (Å²) in [5.41, 5.74) is 0. The van der Waals surface area contributed by atoms with Gasteiger partial charge in [0.05, 0.1) is 12.2 Å². The zero-order valence-electron chi connectivity index (χ0n) is 11.9. The summed E-state index contributed by atoms with van der Waals surface area (Å²) in [6.45, 7) is 0. The Morgan fingerprint density at radius 2 is 2.09 bits per heavy atom. The number of rotatable bonds is 6. The van der Waals surface area contributed by atoms with Gasteiger partial charge in [-0.25, -0.2) is 0 Å². The standard InChI is InChI=1S/C15H12ClN3O2S2/c16-10-3-5-11(6-4-10)23-9-13(20)17-15-19-18-14(21-15)8-12-2-1-7-22-12/h1-7H,8-9H2,(H,17,19,20). The monoisotopic (exact) mass is 365 g/mol. The molecule has 2 aromatic heterocycles. The highest BCUT2D eigenvalue weighted by molar-refractivity contribution is 8.00. The molecule has 0 aliphatic rings. The molecule has 118 valence electrons. The molecule has 3 rings (SSSR count). The van der Waals surface area contributed by atoms with Crippen molar-refractivity contribution in [3.05, 3.63) is 57.6 Å². The molecule has 0 radical (unpaired) electrons. The van der Waals surface area contributed by atoms with Gasteiger partial charge < -0.3 is 4.42 Å². The third-order valence-corrected chi connectivity index (χ3v) is 4.94. The van der Waals surface area contributed by atoms with Gasteiger partial charge in [0.2, 0.25) is 11.8 Å². The van der Waals surface area contributed by atoms with Gasteiger partial charge in [-0.15, -0.1) is 28.2 Å². The smallest absolute Gasteiger partial charge is 0.322 e. The number of nitrogens with one attached hydrogen (secondary N) is 1. The second-order valence-corrected chi connectivity index (χ2v) is 7.07. The summed E-state index contributed by atoms with van der Waals surface area (Å²) in [7, 11) is 0. The van der Waals surface area contributed by atoms with E-state index in [1.54, 1.807) is 23.5 Å². The quantitative estimate of drug-likeness (QED) is 0.666. The lowest BCUT2D eigenvalue weighted by Crippen LogP contribution is -2.14. The van der Waals surface area contributed by atoms with Crippen LogP contribution in [0.5, 0.6) is 0 Å². The molecule has 1 aromatic carbocycles. The molecule has 5 nitrogen and oxygen atoms in total. The fourth-order valence-corrected chi connectivity index (χ4v) is 3.29. The van der Waals surface area contributed by atoms with Crippen LogP contribution in [0, 0.1) is 0 Å². The number of hydrogen-bond acceptors (Lipinski definition) is 6. The normalized spacial score (nSPS) is 10.7. The lowest BCUT2D eigenvalue weighted by atomic mass is 10.3. The molecule has 0 bridgehead atoms. The number of carbonyl (C=O) groups excluding carboxylic acids is 1. The number of benzene rings is 1. The molecule has 23 heavy (non-hydrogen) atoms. The van der Waals surface area contributed by atoms with E-state index in [-0.39, 0.29) is 17.7 Å². The van der Waals surface area contributed by atoms with Crippen LogP contribution in [0.1, 0.15) is 10.8 Å². The Bertz CT molecular complexity index is 772. The average molecular weight is 366 g/mol. The molecule has 1 N–H and O–H groups in total. The molecule has 8 heteroatoms. The van der Waals surface area contributed by atoms with E-state index in [1.807, 2.05) is 29.6 Å². The maximum Gasteiger partial charge on any atom is 0.322 e. The zero-order chi connectivity index (χ0) is 16.1. The van der Waals surface area contributed by atoms with E-state index in [9.17, 15) is 4.79 Å². The Kier molecular flexibility index (Phi) is 5.32. The molecule has 0 atom stereocenters. The van der Waals surface area contributed by atoms with Crippen LogP contribution in [0.3, 0.4) is 0 Å². The Morgan fingerprint density at radius 1 is 1.26 bits per heavy atom. The highest BCUT2D eigenvalue weighted by atomic mass is 35.5. The number of thioether (sulfide) groups is 1. The van der Waals surface area contributed by atoms with Gasteiger partial charge in [-0.1, -0.05) is 22.8 Å². The van der Waals surface area contributed by atoms with Crippen molar-refractivity contribution in [3.8, 4) is 0 Å². The predicted octanol–water partition coefficient (Wildman–Crippen LogP) is 4.11. The largest absolute Gasteiger partial charge is 0.407 e. The Labute approximate surface area is 146 Å². The molecule has 0 spiro atoms. The van der Waals surface area contributed by atoms with E-state index in [2.05, 4.69) is 15.5 Å². The number of hydrogen-bond donors (Lipinski definition) is 1. The minimum atomic E-state index is -0.198. The summed E-state index contributed by atoms with van der Waals surface area (Å²) in [6.07, 6.45) is 0.570. The van der Waals surface area contributed by atoms with Gasteiger partial charge in [0, 0.05) is 14.8 Å². The van der Waals surface area contributed by atoms with Crippen LogP contribution in [0.2, 0.25) is 5.02 Å². The molecular weight excluding hydrogens is 354 g/mol. The Morgan fingerprint density at radius 3 is 2.83 bits per heavy atom. The van der Waals surface area contributed by atoms with E-state index in [1.165, 1.54) is 11.8 Å². The number of carbonyl (C=O) groups is 1. The van der Waals surface area contributed by atoms with Crippen molar-refractivity contribution in [2.75, 3.05) is 11.1 Å². The van der Waals surface area contributed by atoms with Crippen LogP contribution in [0.15, 0.2) is 51.1 Å². The molecule has 0 aliphatic carbocycles. The van der Waals surface area contributed by atoms with E-state index in [0.29, 0.717) is 17.3 Å². The van der Waals surface area contributed by atoms with Crippen LogP contribution in [0.4, 0.5) is 6.01 Å². The highest BCUT2D eigenvalue weighted by Gasteiger charge is 2.11. The molecule has 0 unspecified atom stereocenters. The van der Waals surface area contributed by atoms with Crippen LogP contribution in [-0.2, 0) is 11.2 Å². The first-order valence-electron chi connectivity index (χ1n) is 6.72. The fourth-order valence-electron chi connectivity index (χ4n) is 1.77. The summed E-state index contributed by atoms with van der Waals surface area (Å²) in [6, 6.07) is 11.4. The molecular formula is C15H12ClN3O2S2. The molecule has 2 heterocycles. The maximum atomic E-state index is 11.9. The number of thiophene rings is 1. The first kappa shape index (κ1) is 16.0. The van der Waals surface area contributed by atoms with Crippen molar-refractivity contribution < 1.29 is 9.21 Å². The summed E-state index contributed by atoms with van der Waals surface area (Å²) in [5, 5.41) is 13.0. The minimum Gasteiger partial charge on any atom is -0.407 e. The molecule has 1 amide bonds. The van der Waals surface area contributed by atoms with Gasteiger partial charge in [0.15, 0.2) is 0 Å². The van der Waals surface area contributed by atoms with Crippen molar-refractivity contribution in [1.82, 2.24) is 10.2 Å². The zero-order valence-corrected chi connectivity index (χ0v) is 14.2. The number of nitrogens with zero attached hydrogens (tertiary/aromatic N) is 2. The third kappa shape index (κ3) is 4.82. The van der Waals surface area contributed by atoms with Gasteiger partial charge in [-0.3, -0.25) is 10.1 Å². The van der Waals surface area contributed by atoms with E-state index in [4.69, 9.17) is 16.0 Å². The Balaban J connectivity index is 1.49. The minimum absolute atomic E-state index is 0.123. The van der Waals surface area contributed by atoms with Crippen molar-refractivity contribution in [3.63, 3.8) is 0 Å². The second-order valence-electron chi connectivity index (χ2n) is 4.55. The summed E-state index contributed by atoms with van der Waals surface area (Å²) in [5.74, 6) is 0.536. The van der Waals surface area contributed by atoms with Crippen molar-refractivity contribution in [2.45, 2.75) is 11.3 Å². The van der Waals surface area contributed by atoms with Gasteiger partial charge in [0.25, 0.3) is 0 Å². The summed E-state index contributed by atoms with van der Waals surface area (Å²) in [4.78, 5) is 14.0. The van der Waals surface area contributed by atoms with Crippen LogP contribution in [0.25, 0.3) is 0 Å². The topological polar surface area (TPSA) is 68.0 Å². The first-order valence-corrected chi connectivity index (χ1v) is 8.96. The van der Waals surface area contributed by atoms with Crippen LogP contribution in [-0.4, -0.2) is 21.9 Å². The summed E-state index contributed by atoms with van der Waals surface area (Å²) >= 11 is 8.85. The van der Waals surface area contributed by atoms with Gasteiger partial charge in [-0.2, -0.15) is 0 Å². The van der Waals surface area contributed by atoms with E-state index < -0.39 is 0 Å². The Hall–Kier alpha value is -1.83. The van der Waals surface area contributed by atoms with Crippen molar-refractivity contribution in [1.29, 1.82) is 0 Å². The summed E-state index contributed by atoms with van der Waals surface area (Å²) < 4.78 is 5.42. The van der Waals surface area contributed by atoms with Crippen LogP contribution < -0.4 is 5.32 Å². The second kappa shape index (κ2) is 7.63. The molecule has 0 saturated carbocycles. The van der Waals surface area contributed by atoms with Crippen molar-refractivity contribution >= 4 is 46.6 Å². The van der Waals surface area contributed by atoms with E-state index in [0.717, 1.165) is 9.77 Å². The lowest BCUT2D eigenvalue weighted by Gasteiger charge is -2.01. The molecule has 0 fully saturated rings. The highest BCUT2D eigenvalue weighted by Crippen LogP contribution is 2.20. The number of amides is 1. The number of halogens is 1. The number of aromatic nitrogens is 2. The van der Waals surface area contributed by atoms with Gasteiger partial charge in [0.1, 0.15) is 0 Å². The maximum absolute atomic E-state index is 11.9. The third-order valence-electron chi connectivity index (χ3n) is 2.80. The average Bonchev–Trinajstić information content (AvgIpc) is 3.19. The SMILES string of the molecule is O=C(CSc1ccc(Cl)cc1)Nc1nnc(Cc2cccs2)o1. The number of anilines is 1. The van der Waals surface area contributed by atoms with Crippen molar-refractivity contribution in [2.24, 2.45) is 0 Å². The molecule has 3 aromatic rings. The lowest BCUT2D eigenvalue weighted by molar-refractivity contribution is -0.113. The van der Waals surface area contributed by atoms with Gasteiger partial charge in [-0.05, 0) is 35.7 Å². The predicted molar refractivity (Wildman–Crippen MR) is 92.2 cm³/mol. The fraction of sp³-hybridized carbons (Fsp3) is 0.133. The van der Waals surface area contributed by atoms with E-state index >= 15 is 0 Å². The first-order chi connectivity index (χ1) is 11.2. The van der Waals surface area contributed by atoms with Crippen LogP contribution >= 0.6 is 34.7 Å².